The highest BCUT2D eigenvalue weighted by molar-refractivity contribution is 5.74. The fraction of sp³-hybridized carbons (Fsp3) is 0.235. The third-order valence-electron chi connectivity index (χ3n) is 3.46. The van der Waals surface area contributed by atoms with E-state index < -0.39 is 5.97 Å². The maximum atomic E-state index is 11.1. The highest BCUT2D eigenvalue weighted by Gasteiger charge is 2.14. The van der Waals surface area contributed by atoms with E-state index in [2.05, 4.69) is 0 Å². The van der Waals surface area contributed by atoms with Crippen molar-refractivity contribution in [1.82, 2.24) is 0 Å². The number of aliphatic carboxylic acids is 1. The van der Waals surface area contributed by atoms with Crippen molar-refractivity contribution in [3.8, 4) is 0 Å². The van der Waals surface area contributed by atoms with Crippen LogP contribution in [0.25, 0.3) is 0 Å². The van der Waals surface area contributed by atoms with Gasteiger partial charge in [-0.25, -0.2) is 0 Å². The Hall–Kier alpha value is -2.29. The smallest absolute Gasteiger partial charge is 0.323 e. The minimum Gasteiger partial charge on any atom is -0.480 e. The van der Waals surface area contributed by atoms with Gasteiger partial charge in [-0.15, -0.1) is 0 Å². The van der Waals surface area contributed by atoms with Crippen LogP contribution in [0, 0.1) is 13.8 Å². The molecule has 0 saturated heterocycles. The first-order valence-electron chi connectivity index (χ1n) is 6.65. The molecule has 3 heteroatoms. The second-order valence-corrected chi connectivity index (χ2v) is 4.95. The van der Waals surface area contributed by atoms with Crippen LogP contribution in [0.4, 0.5) is 5.69 Å². The summed E-state index contributed by atoms with van der Waals surface area (Å²) in [5, 5.41) is 9.14. The Morgan fingerprint density at radius 1 is 1.05 bits per heavy atom. The quantitative estimate of drug-likeness (QED) is 0.904. The van der Waals surface area contributed by atoms with E-state index in [1.54, 1.807) is 0 Å². The number of rotatable bonds is 5. The third-order valence-corrected chi connectivity index (χ3v) is 3.46. The Bertz CT molecular complexity index is 593. The van der Waals surface area contributed by atoms with E-state index in [0.29, 0.717) is 6.54 Å². The normalized spacial score (nSPS) is 10.3. The van der Waals surface area contributed by atoms with Crippen molar-refractivity contribution in [2.45, 2.75) is 20.4 Å². The summed E-state index contributed by atoms with van der Waals surface area (Å²) < 4.78 is 0. The van der Waals surface area contributed by atoms with Crippen LogP contribution in [0.2, 0.25) is 0 Å². The van der Waals surface area contributed by atoms with Crippen molar-refractivity contribution in [3.63, 3.8) is 0 Å². The summed E-state index contributed by atoms with van der Waals surface area (Å²) in [5.74, 6) is -0.818. The van der Waals surface area contributed by atoms with E-state index in [1.807, 2.05) is 67.3 Å². The van der Waals surface area contributed by atoms with Crippen LogP contribution in [0.5, 0.6) is 0 Å². The van der Waals surface area contributed by atoms with Crippen molar-refractivity contribution in [1.29, 1.82) is 0 Å². The molecule has 0 aliphatic carbocycles. The Labute approximate surface area is 119 Å². The van der Waals surface area contributed by atoms with Crippen molar-refractivity contribution < 1.29 is 9.90 Å². The number of hydrogen-bond donors (Lipinski definition) is 1. The largest absolute Gasteiger partial charge is 0.480 e. The van der Waals surface area contributed by atoms with E-state index in [4.69, 9.17) is 5.11 Å². The van der Waals surface area contributed by atoms with Gasteiger partial charge in [0.25, 0.3) is 0 Å². The molecular formula is C17H19NO2. The SMILES string of the molecule is Cc1cccc(N(CC(=O)O)Cc2ccccc2)c1C. The summed E-state index contributed by atoms with van der Waals surface area (Å²) in [6.07, 6.45) is 0. The van der Waals surface area contributed by atoms with Crippen molar-refractivity contribution >= 4 is 11.7 Å². The summed E-state index contributed by atoms with van der Waals surface area (Å²) >= 11 is 0. The molecule has 0 aliphatic rings. The fourth-order valence-electron chi connectivity index (χ4n) is 2.27. The molecule has 2 aromatic rings. The predicted octanol–water partition coefficient (Wildman–Crippen LogP) is 3.39. The molecule has 2 rings (SSSR count). The minimum absolute atomic E-state index is 0.000806. The highest BCUT2D eigenvalue weighted by atomic mass is 16.4. The Kier molecular flexibility index (Phi) is 4.41. The molecule has 0 heterocycles. The average Bonchev–Trinajstić information content (AvgIpc) is 2.42. The molecule has 0 radical (unpaired) electrons. The summed E-state index contributed by atoms with van der Waals surface area (Å²) in [6.45, 7) is 4.67. The highest BCUT2D eigenvalue weighted by Crippen LogP contribution is 2.24. The maximum absolute atomic E-state index is 11.1. The second kappa shape index (κ2) is 6.24. The third kappa shape index (κ3) is 3.38. The lowest BCUT2D eigenvalue weighted by molar-refractivity contribution is -0.135. The van der Waals surface area contributed by atoms with Crippen LogP contribution in [-0.2, 0) is 11.3 Å². The zero-order valence-electron chi connectivity index (χ0n) is 11.8. The monoisotopic (exact) mass is 269 g/mol. The van der Waals surface area contributed by atoms with E-state index in [1.165, 1.54) is 5.56 Å². The molecule has 20 heavy (non-hydrogen) atoms. The van der Waals surface area contributed by atoms with E-state index in [9.17, 15) is 4.79 Å². The molecule has 0 unspecified atom stereocenters. The van der Waals surface area contributed by atoms with E-state index >= 15 is 0 Å². The topological polar surface area (TPSA) is 40.5 Å². The van der Waals surface area contributed by atoms with Gasteiger partial charge in [-0.2, -0.15) is 0 Å². The molecule has 0 aromatic heterocycles. The summed E-state index contributed by atoms with van der Waals surface area (Å²) in [6, 6.07) is 15.9. The molecule has 0 fully saturated rings. The van der Waals surface area contributed by atoms with Crippen LogP contribution in [-0.4, -0.2) is 17.6 Å². The molecule has 0 spiro atoms. The van der Waals surface area contributed by atoms with Crippen molar-refractivity contribution in [2.24, 2.45) is 0 Å². The molecule has 2 aromatic carbocycles. The van der Waals surface area contributed by atoms with Crippen molar-refractivity contribution in [2.75, 3.05) is 11.4 Å². The number of aryl methyl sites for hydroxylation is 1. The standard InChI is InChI=1S/C17H19NO2/c1-13-7-6-10-16(14(13)2)18(12-17(19)20)11-15-8-4-3-5-9-15/h3-10H,11-12H2,1-2H3,(H,19,20). The molecule has 0 bridgehead atoms. The number of carbonyl (C=O) groups is 1. The van der Waals surface area contributed by atoms with Gasteiger partial charge in [-0.3, -0.25) is 4.79 Å². The van der Waals surface area contributed by atoms with Gasteiger partial charge in [-0.05, 0) is 36.6 Å². The first kappa shape index (κ1) is 14.1. The summed E-state index contributed by atoms with van der Waals surface area (Å²) in [5.41, 5.74) is 4.39. The van der Waals surface area contributed by atoms with Gasteiger partial charge < -0.3 is 10.0 Å². The number of carboxylic acids is 1. The fourth-order valence-corrected chi connectivity index (χ4v) is 2.27. The molecule has 3 nitrogen and oxygen atoms in total. The predicted molar refractivity (Wildman–Crippen MR) is 81.0 cm³/mol. The first-order chi connectivity index (χ1) is 9.58. The second-order valence-electron chi connectivity index (χ2n) is 4.95. The van der Waals surface area contributed by atoms with Gasteiger partial charge in [0.1, 0.15) is 6.54 Å². The van der Waals surface area contributed by atoms with Gasteiger partial charge in [0.15, 0.2) is 0 Å². The molecule has 0 aliphatic heterocycles. The summed E-state index contributed by atoms with van der Waals surface area (Å²) in [4.78, 5) is 13.0. The Balaban J connectivity index is 2.32. The number of benzene rings is 2. The molecule has 1 N–H and O–H groups in total. The van der Waals surface area contributed by atoms with Crippen LogP contribution < -0.4 is 4.90 Å². The zero-order chi connectivity index (χ0) is 14.5. The van der Waals surface area contributed by atoms with Crippen LogP contribution in [0.1, 0.15) is 16.7 Å². The molecule has 0 amide bonds. The van der Waals surface area contributed by atoms with Crippen LogP contribution >= 0.6 is 0 Å². The van der Waals surface area contributed by atoms with Gasteiger partial charge >= 0.3 is 5.97 Å². The molecule has 104 valence electrons. The lowest BCUT2D eigenvalue weighted by Crippen LogP contribution is -2.29. The zero-order valence-corrected chi connectivity index (χ0v) is 11.8. The molecule has 0 atom stereocenters. The van der Waals surface area contributed by atoms with Gasteiger partial charge in [0.05, 0.1) is 0 Å². The summed E-state index contributed by atoms with van der Waals surface area (Å²) in [7, 11) is 0. The lowest BCUT2D eigenvalue weighted by atomic mass is 10.1. The molecular weight excluding hydrogens is 250 g/mol. The van der Waals surface area contributed by atoms with Gasteiger partial charge in [0.2, 0.25) is 0 Å². The number of nitrogens with zero attached hydrogens (tertiary/aromatic N) is 1. The Morgan fingerprint density at radius 2 is 1.75 bits per heavy atom. The van der Waals surface area contributed by atoms with E-state index in [-0.39, 0.29) is 6.54 Å². The van der Waals surface area contributed by atoms with Crippen LogP contribution in [0.15, 0.2) is 48.5 Å². The number of hydrogen-bond acceptors (Lipinski definition) is 2. The number of carboxylic acid groups (broad SMARTS) is 1. The maximum Gasteiger partial charge on any atom is 0.323 e. The first-order valence-corrected chi connectivity index (χ1v) is 6.65. The number of anilines is 1. The lowest BCUT2D eigenvalue weighted by Gasteiger charge is -2.25. The molecule has 0 saturated carbocycles. The minimum atomic E-state index is -0.818. The average molecular weight is 269 g/mol. The van der Waals surface area contributed by atoms with Crippen LogP contribution in [0.3, 0.4) is 0 Å². The Morgan fingerprint density at radius 3 is 2.40 bits per heavy atom. The van der Waals surface area contributed by atoms with E-state index in [0.717, 1.165) is 16.8 Å². The van der Waals surface area contributed by atoms with Gasteiger partial charge in [0, 0.05) is 12.2 Å². The van der Waals surface area contributed by atoms with Crippen molar-refractivity contribution in [3.05, 3.63) is 65.2 Å². The van der Waals surface area contributed by atoms with Gasteiger partial charge in [-0.1, -0.05) is 42.5 Å².